The van der Waals surface area contributed by atoms with Crippen LogP contribution in [0.25, 0.3) is 0 Å². The number of nitrogens with one attached hydrogen (secondary N) is 1. The first-order chi connectivity index (χ1) is 12.5. The summed E-state index contributed by atoms with van der Waals surface area (Å²) in [5.74, 6) is 3.00. The van der Waals surface area contributed by atoms with Gasteiger partial charge < -0.3 is 26.3 Å². The molecule has 0 bridgehead atoms. The van der Waals surface area contributed by atoms with E-state index < -0.39 is 0 Å². The van der Waals surface area contributed by atoms with Gasteiger partial charge in [-0.05, 0) is 30.0 Å². The Bertz CT molecular complexity index is 648. The first-order valence-electron chi connectivity index (χ1n) is 9.16. The zero-order chi connectivity index (χ0) is 18.9. The molecule has 144 valence electrons. The smallest absolute Gasteiger partial charge is 0.196 e. The Morgan fingerprint density at radius 3 is 2.62 bits per heavy atom. The van der Waals surface area contributed by atoms with Crippen LogP contribution < -0.4 is 26.3 Å². The number of ether oxygens (including phenoxy) is 2. The highest BCUT2D eigenvalue weighted by molar-refractivity contribution is 6.29. The van der Waals surface area contributed by atoms with Crippen LogP contribution in [0.2, 0.25) is 0 Å². The SMILES string of the molecule is COc1ccc(CN/C([NH3+])=C/C(CC2CCCCC2)=C(\N)Cl)c(OC)c1. The monoisotopic (exact) mass is 380 g/mol. The number of methoxy groups -OCH3 is 2. The summed E-state index contributed by atoms with van der Waals surface area (Å²) in [6, 6.07) is 5.76. The second-order valence-electron chi connectivity index (χ2n) is 6.78. The quantitative estimate of drug-likeness (QED) is 0.477. The first kappa shape index (κ1) is 20.5. The van der Waals surface area contributed by atoms with Gasteiger partial charge in [0.15, 0.2) is 5.82 Å². The van der Waals surface area contributed by atoms with Gasteiger partial charge in [-0.1, -0.05) is 43.7 Å². The molecule has 1 aromatic rings. The summed E-state index contributed by atoms with van der Waals surface area (Å²) in [5.41, 5.74) is 12.0. The number of rotatable bonds is 8. The molecule has 0 aliphatic heterocycles. The summed E-state index contributed by atoms with van der Waals surface area (Å²) in [4.78, 5) is 0. The summed E-state index contributed by atoms with van der Waals surface area (Å²) in [5, 5.41) is 3.68. The lowest BCUT2D eigenvalue weighted by molar-refractivity contribution is -0.312. The Balaban J connectivity index is 2.00. The fourth-order valence-corrected chi connectivity index (χ4v) is 3.53. The standard InChI is InChI=1S/C20H30ClN3O2/c1-25-17-9-8-15(18(12-17)26-2)13-24-19(22)11-16(20(21)23)10-14-6-4-3-5-7-14/h8-9,11-12,14,24H,3-7,10,13,22-23H2,1-2H3/p+1/b19-11+,20-16-. The molecular weight excluding hydrogens is 350 g/mol. The van der Waals surface area contributed by atoms with Gasteiger partial charge in [0.05, 0.1) is 14.2 Å². The van der Waals surface area contributed by atoms with E-state index in [0.717, 1.165) is 34.9 Å². The van der Waals surface area contributed by atoms with Crippen molar-refractivity contribution in [1.29, 1.82) is 0 Å². The molecule has 0 saturated heterocycles. The van der Waals surface area contributed by atoms with Crippen molar-refractivity contribution in [3.63, 3.8) is 0 Å². The molecule has 0 unspecified atom stereocenters. The normalized spacial score (nSPS) is 16.8. The van der Waals surface area contributed by atoms with Crippen molar-refractivity contribution in [2.75, 3.05) is 14.2 Å². The minimum absolute atomic E-state index is 0.362. The van der Waals surface area contributed by atoms with E-state index in [2.05, 4.69) is 11.1 Å². The van der Waals surface area contributed by atoms with E-state index in [1.807, 2.05) is 24.3 Å². The summed E-state index contributed by atoms with van der Waals surface area (Å²) >= 11 is 6.13. The van der Waals surface area contributed by atoms with Crippen molar-refractivity contribution in [2.24, 2.45) is 11.7 Å². The molecule has 0 aromatic heterocycles. The maximum Gasteiger partial charge on any atom is 0.196 e. The Kier molecular flexibility index (Phi) is 8.13. The maximum atomic E-state index is 6.13. The van der Waals surface area contributed by atoms with Gasteiger partial charge in [-0.15, -0.1) is 0 Å². The van der Waals surface area contributed by atoms with E-state index >= 15 is 0 Å². The molecule has 0 amide bonds. The average Bonchev–Trinajstić information content (AvgIpc) is 2.66. The Hall–Kier alpha value is -1.85. The minimum Gasteiger partial charge on any atom is -0.497 e. The fraction of sp³-hybridized carbons (Fsp3) is 0.500. The number of hydrogen-bond donors (Lipinski definition) is 3. The van der Waals surface area contributed by atoms with Gasteiger partial charge in [0.2, 0.25) is 0 Å². The third-order valence-corrected chi connectivity index (χ3v) is 5.13. The van der Waals surface area contributed by atoms with Crippen LogP contribution in [0.1, 0.15) is 44.1 Å². The minimum atomic E-state index is 0.362. The number of nitrogens with two attached hydrogens (primary N) is 1. The fourth-order valence-electron chi connectivity index (χ4n) is 3.40. The van der Waals surface area contributed by atoms with Crippen LogP contribution >= 0.6 is 11.6 Å². The van der Waals surface area contributed by atoms with E-state index in [9.17, 15) is 0 Å². The molecule has 1 aromatic carbocycles. The lowest BCUT2D eigenvalue weighted by Crippen LogP contribution is -2.54. The third-order valence-electron chi connectivity index (χ3n) is 4.89. The number of halogens is 1. The molecule has 5 nitrogen and oxygen atoms in total. The molecule has 1 fully saturated rings. The molecule has 0 radical (unpaired) electrons. The lowest BCUT2D eigenvalue weighted by atomic mass is 9.85. The second kappa shape index (κ2) is 10.3. The van der Waals surface area contributed by atoms with Crippen LogP contribution in [0.3, 0.4) is 0 Å². The molecule has 1 aliphatic rings. The first-order valence-corrected chi connectivity index (χ1v) is 9.53. The molecule has 1 aliphatic carbocycles. The highest BCUT2D eigenvalue weighted by atomic mass is 35.5. The lowest BCUT2D eigenvalue weighted by Gasteiger charge is -2.22. The van der Waals surface area contributed by atoms with Crippen LogP contribution in [0, 0.1) is 5.92 Å². The van der Waals surface area contributed by atoms with Crippen LogP contribution in [0.15, 0.2) is 40.8 Å². The Morgan fingerprint density at radius 1 is 1.27 bits per heavy atom. The zero-order valence-corrected chi connectivity index (χ0v) is 16.6. The third kappa shape index (κ3) is 6.15. The van der Waals surface area contributed by atoms with Crippen LogP contribution in [-0.4, -0.2) is 14.2 Å². The molecule has 1 saturated carbocycles. The largest absolute Gasteiger partial charge is 0.497 e. The topological polar surface area (TPSA) is 84.2 Å². The van der Waals surface area contributed by atoms with Gasteiger partial charge in [-0.25, -0.2) is 0 Å². The summed E-state index contributed by atoms with van der Waals surface area (Å²) in [6.07, 6.45) is 9.34. The average molecular weight is 381 g/mol. The van der Waals surface area contributed by atoms with Gasteiger partial charge in [0.25, 0.3) is 0 Å². The van der Waals surface area contributed by atoms with Gasteiger partial charge >= 0.3 is 0 Å². The number of quaternary nitrogens is 1. The molecule has 26 heavy (non-hydrogen) atoms. The molecule has 6 N–H and O–H groups in total. The molecule has 0 spiro atoms. The summed E-state index contributed by atoms with van der Waals surface area (Å²) < 4.78 is 10.7. The Morgan fingerprint density at radius 2 is 2.00 bits per heavy atom. The summed E-state index contributed by atoms with van der Waals surface area (Å²) in [6.45, 7) is 0.599. The molecule has 6 heteroatoms. The van der Waals surface area contributed by atoms with Crippen molar-refractivity contribution in [2.45, 2.75) is 45.1 Å². The number of hydrogen-bond acceptors (Lipinski definition) is 4. The van der Waals surface area contributed by atoms with E-state index in [4.69, 9.17) is 26.8 Å². The van der Waals surface area contributed by atoms with Crippen LogP contribution in [0.5, 0.6) is 11.5 Å². The van der Waals surface area contributed by atoms with Gasteiger partial charge in [0, 0.05) is 24.3 Å². The van der Waals surface area contributed by atoms with E-state index in [1.165, 1.54) is 32.1 Å². The van der Waals surface area contributed by atoms with Gasteiger partial charge in [-0.2, -0.15) is 0 Å². The second-order valence-corrected chi connectivity index (χ2v) is 7.19. The van der Waals surface area contributed by atoms with E-state index in [1.54, 1.807) is 14.2 Å². The number of allylic oxidation sites excluding steroid dienone is 2. The molecule has 0 atom stereocenters. The van der Waals surface area contributed by atoms with E-state index in [-0.39, 0.29) is 0 Å². The maximum absolute atomic E-state index is 6.13. The van der Waals surface area contributed by atoms with Gasteiger partial charge in [0.1, 0.15) is 16.7 Å². The van der Waals surface area contributed by atoms with Crippen molar-refractivity contribution in [1.82, 2.24) is 5.32 Å². The predicted octanol–water partition coefficient (Wildman–Crippen LogP) is 3.26. The summed E-state index contributed by atoms with van der Waals surface area (Å²) in [7, 11) is 3.29. The highest BCUT2D eigenvalue weighted by Crippen LogP contribution is 2.30. The van der Waals surface area contributed by atoms with Gasteiger partial charge in [-0.3, -0.25) is 0 Å². The van der Waals surface area contributed by atoms with Crippen molar-refractivity contribution in [3.8, 4) is 11.5 Å². The van der Waals surface area contributed by atoms with Crippen molar-refractivity contribution >= 4 is 11.6 Å². The Labute approximate surface area is 161 Å². The predicted molar refractivity (Wildman–Crippen MR) is 106 cm³/mol. The molecule has 0 heterocycles. The highest BCUT2D eigenvalue weighted by Gasteiger charge is 2.16. The van der Waals surface area contributed by atoms with Crippen molar-refractivity contribution in [3.05, 3.63) is 46.4 Å². The van der Waals surface area contributed by atoms with Crippen LogP contribution in [-0.2, 0) is 6.54 Å². The van der Waals surface area contributed by atoms with Crippen LogP contribution in [0.4, 0.5) is 0 Å². The molecular formula is C20H31ClN3O2+. The zero-order valence-electron chi connectivity index (χ0n) is 15.8. The molecule has 2 rings (SSSR count). The number of benzene rings is 1. The van der Waals surface area contributed by atoms with E-state index in [0.29, 0.717) is 17.6 Å². The van der Waals surface area contributed by atoms with Crippen molar-refractivity contribution < 1.29 is 15.2 Å².